The zero-order valence-electron chi connectivity index (χ0n) is 9.69. The molecule has 1 rings (SSSR count). The number of hydrogen-bond donors (Lipinski definition) is 2. The molecule has 16 heavy (non-hydrogen) atoms. The van der Waals surface area contributed by atoms with Crippen LogP contribution in [0.15, 0.2) is 6.33 Å². The molecule has 1 unspecified atom stereocenters. The number of aromatic amines is 1. The second-order valence-corrected chi connectivity index (χ2v) is 3.62. The van der Waals surface area contributed by atoms with Gasteiger partial charge in [-0.1, -0.05) is 0 Å². The molecule has 6 nitrogen and oxygen atoms in total. The van der Waals surface area contributed by atoms with E-state index < -0.39 is 0 Å². The van der Waals surface area contributed by atoms with Crippen molar-refractivity contribution in [3.8, 4) is 0 Å². The summed E-state index contributed by atoms with van der Waals surface area (Å²) in [4.78, 5) is 15.3. The lowest BCUT2D eigenvalue weighted by molar-refractivity contribution is -0.121. The molecule has 0 bridgehead atoms. The predicted octanol–water partition coefficient (Wildman–Crippen LogP) is 0.278. The van der Waals surface area contributed by atoms with Gasteiger partial charge in [0.15, 0.2) is 0 Å². The van der Waals surface area contributed by atoms with Gasteiger partial charge < -0.3 is 10.1 Å². The van der Waals surface area contributed by atoms with Crippen molar-refractivity contribution in [2.75, 3.05) is 13.7 Å². The minimum Gasteiger partial charge on any atom is -0.382 e. The molecular formula is C10H18N4O2. The highest BCUT2D eigenvalue weighted by Gasteiger charge is 2.05. The lowest BCUT2D eigenvalue weighted by atomic mass is 10.2. The fourth-order valence-electron chi connectivity index (χ4n) is 1.21. The summed E-state index contributed by atoms with van der Waals surface area (Å²) in [6, 6.07) is 0. The van der Waals surface area contributed by atoms with E-state index in [1.165, 1.54) is 6.33 Å². The SMILES string of the molecule is COC(C)CCC(=O)NCCc1ncn[nH]1. The van der Waals surface area contributed by atoms with E-state index in [9.17, 15) is 4.79 Å². The summed E-state index contributed by atoms with van der Waals surface area (Å²) in [5, 5.41) is 9.28. The van der Waals surface area contributed by atoms with Crippen LogP contribution in [0.1, 0.15) is 25.6 Å². The maximum Gasteiger partial charge on any atom is 0.220 e. The molecule has 0 spiro atoms. The van der Waals surface area contributed by atoms with Crippen LogP contribution in [0.5, 0.6) is 0 Å². The van der Waals surface area contributed by atoms with Gasteiger partial charge in [-0.05, 0) is 13.3 Å². The average molecular weight is 226 g/mol. The van der Waals surface area contributed by atoms with E-state index in [2.05, 4.69) is 20.5 Å². The van der Waals surface area contributed by atoms with Gasteiger partial charge in [0.2, 0.25) is 5.91 Å². The molecule has 90 valence electrons. The summed E-state index contributed by atoms with van der Waals surface area (Å²) >= 11 is 0. The van der Waals surface area contributed by atoms with E-state index in [-0.39, 0.29) is 12.0 Å². The van der Waals surface area contributed by atoms with Crippen LogP contribution in [0.2, 0.25) is 0 Å². The average Bonchev–Trinajstić information content (AvgIpc) is 2.79. The highest BCUT2D eigenvalue weighted by molar-refractivity contribution is 5.75. The molecule has 0 saturated carbocycles. The van der Waals surface area contributed by atoms with Crippen molar-refractivity contribution < 1.29 is 9.53 Å². The number of amides is 1. The number of hydrogen-bond acceptors (Lipinski definition) is 4. The number of rotatable bonds is 7. The minimum atomic E-state index is 0.0448. The van der Waals surface area contributed by atoms with Gasteiger partial charge in [-0.2, -0.15) is 5.10 Å². The van der Waals surface area contributed by atoms with Crippen molar-refractivity contribution in [2.45, 2.75) is 32.3 Å². The van der Waals surface area contributed by atoms with Crippen LogP contribution in [-0.2, 0) is 16.0 Å². The third-order valence-electron chi connectivity index (χ3n) is 2.33. The number of methoxy groups -OCH3 is 1. The van der Waals surface area contributed by atoms with Gasteiger partial charge >= 0.3 is 0 Å². The third kappa shape index (κ3) is 4.88. The van der Waals surface area contributed by atoms with Gasteiger partial charge in [0.1, 0.15) is 12.2 Å². The summed E-state index contributed by atoms with van der Waals surface area (Å²) in [5.74, 6) is 0.828. The maximum absolute atomic E-state index is 11.4. The van der Waals surface area contributed by atoms with Crippen molar-refractivity contribution in [1.29, 1.82) is 0 Å². The zero-order valence-corrected chi connectivity index (χ0v) is 9.69. The van der Waals surface area contributed by atoms with Crippen LogP contribution < -0.4 is 5.32 Å². The van der Waals surface area contributed by atoms with E-state index in [4.69, 9.17) is 4.74 Å². The first-order valence-corrected chi connectivity index (χ1v) is 5.36. The van der Waals surface area contributed by atoms with E-state index >= 15 is 0 Å². The molecule has 0 fully saturated rings. The molecule has 0 aliphatic rings. The van der Waals surface area contributed by atoms with Gasteiger partial charge in [-0.15, -0.1) is 0 Å². The van der Waals surface area contributed by atoms with Crippen molar-refractivity contribution in [1.82, 2.24) is 20.5 Å². The van der Waals surface area contributed by atoms with Crippen LogP contribution in [-0.4, -0.2) is 40.8 Å². The largest absolute Gasteiger partial charge is 0.382 e. The lowest BCUT2D eigenvalue weighted by Gasteiger charge is -2.08. The molecular weight excluding hydrogens is 208 g/mol. The van der Waals surface area contributed by atoms with Gasteiger partial charge in [-0.25, -0.2) is 4.98 Å². The predicted molar refractivity (Wildman–Crippen MR) is 58.8 cm³/mol. The Balaban J connectivity index is 2.06. The normalized spacial score (nSPS) is 12.4. The number of nitrogens with zero attached hydrogens (tertiary/aromatic N) is 2. The Bertz CT molecular complexity index is 300. The van der Waals surface area contributed by atoms with E-state index in [1.807, 2.05) is 6.92 Å². The summed E-state index contributed by atoms with van der Waals surface area (Å²) in [6.45, 7) is 2.52. The number of H-pyrrole nitrogens is 1. The molecule has 0 saturated heterocycles. The zero-order chi connectivity index (χ0) is 11.8. The topological polar surface area (TPSA) is 79.9 Å². The standard InChI is InChI=1S/C10H18N4O2/c1-8(16-2)3-4-10(15)11-6-5-9-12-7-13-14-9/h7-8H,3-6H2,1-2H3,(H,11,15)(H,12,13,14). The number of ether oxygens (including phenoxy) is 1. The van der Waals surface area contributed by atoms with Crippen LogP contribution in [0, 0.1) is 0 Å². The summed E-state index contributed by atoms with van der Waals surface area (Å²) in [6.07, 6.45) is 3.49. The maximum atomic E-state index is 11.4. The highest BCUT2D eigenvalue weighted by atomic mass is 16.5. The monoisotopic (exact) mass is 226 g/mol. The number of aromatic nitrogens is 3. The minimum absolute atomic E-state index is 0.0448. The first kappa shape index (κ1) is 12.6. The molecule has 1 aromatic rings. The number of nitrogens with one attached hydrogen (secondary N) is 2. The molecule has 2 N–H and O–H groups in total. The van der Waals surface area contributed by atoms with E-state index in [0.717, 1.165) is 12.2 Å². The van der Waals surface area contributed by atoms with Crippen LogP contribution in [0.3, 0.4) is 0 Å². The van der Waals surface area contributed by atoms with Crippen LogP contribution >= 0.6 is 0 Å². The second-order valence-electron chi connectivity index (χ2n) is 3.62. The Morgan fingerprint density at radius 1 is 1.69 bits per heavy atom. The molecule has 6 heteroatoms. The summed E-state index contributed by atoms with van der Waals surface area (Å²) in [7, 11) is 1.65. The molecule has 0 aliphatic carbocycles. The fraction of sp³-hybridized carbons (Fsp3) is 0.700. The Morgan fingerprint density at radius 3 is 3.12 bits per heavy atom. The molecule has 1 aromatic heterocycles. The molecule has 0 aromatic carbocycles. The Kier molecular flexibility index (Phi) is 5.49. The Labute approximate surface area is 94.8 Å². The Hall–Kier alpha value is -1.43. The summed E-state index contributed by atoms with van der Waals surface area (Å²) in [5.41, 5.74) is 0. The van der Waals surface area contributed by atoms with Crippen molar-refractivity contribution in [3.05, 3.63) is 12.2 Å². The highest BCUT2D eigenvalue weighted by Crippen LogP contribution is 1.99. The van der Waals surface area contributed by atoms with Gasteiger partial charge in [0.25, 0.3) is 0 Å². The number of carbonyl (C=O) groups is 1. The van der Waals surface area contributed by atoms with Gasteiger partial charge in [0.05, 0.1) is 6.10 Å². The summed E-state index contributed by atoms with van der Waals surface area (Å²) < 4.78 is 5.06. The van der Waals surface area contributed by atoms with Gasteiger partial charge in [-0.3, -0.25) is 9.89 Å². The van der Waals surface area contributed by atoms with E-state index in [1.54, 1.807) is 7.11 Å². The molecule has 0 radical (unpaired) electrons. The van der Waals surface area contributed by atoms with Crippen molar-refractivity contribution in [3.63, 3.8) is 0 Å². The van der Waals surface area contributed by atoms with Crippen molar-refractivity contribution in [2.24, 2.45) is 0 Å². The number of carbonyl (C=O) groups excluding carboxylic acids is 1. The van der Waals surface area contributed by atoms with Crippen LogP contribution in [0.4, 0.5) is 0 Å². The molecule has 1 atom stereocenters. The van der Waals surface area contributed by atoms with Gasteiger partial charge in [0, 0.05) is 26.5 Å². The second kappa shape index (κ2) is 6.95. The quantitative estimate of drug-likeness (QED) is 0.699. The molecule has 1 heterocycles. The third-order valence-corrected chi connectivity index (χ3v) is 2.33. The molecule has 0 aliphatic heterocycles. The first-order chi connectivity index (χ1) is 7.72. The van der Waals surface area contributed by atoms with Crippen molar-refractivity contribution >= 4 is 5.91 Å². The lowest BCUT2D eigenvalue weighted by Crippen LogP contribution is -2.26. The van der Waals surface area contributed by atoms with E-state index in [0.29, 0.717) is 19.4 Å². The smallest absolute Gasteiger partial charge is 0.220 e. The Morgan fingerprint density at radius 2 is 2.50 bits per heavy atom. The van der Waals surface area contributed by atoms with Crippen LogP contribution in [0.25, 0.3) is 0 Å². The first-order valence-electron chi connectivity index (χ1n) is 5.36. The molecule has 1 amide bonds. The fourth-order valence-corrected chi connectivity index (χ4v) is 1.21.